The molecule has 1 unspecified atom stereocenters. The number of hydrogen-bond acceptors (Lipinski definition) is 3. The van der Waals surface area contributed by atoms with E-state index in [4.69, 9.17) is 4.74 Å². The molecule has 1 aromatic rings. The van der Waals surface area contributed by atoms with E-state index in [-0.39, 0.29) is 12.1 Å². The van der Waals surface area contributed by atoms with Crippen molar-refractivity contribution in [1.82, 2.24) is 10.3 Å². The van der Waals surface area contributed by atoms with Crippen molar-refractivity contribution in [3.05, 3.63) is 29.6 Å². The summed E-state index contributed by atoms with van der Waals surface area (Å²) in [6.07, 6.45) is 4.01. The third-order valence-corrected chi connectivity index (χ3v) is 2.50. The van der Waals surface area contributed by atoms with Gasteiger partial charge in [0.1, 0.15) is 0 Å². The van der Waals surface area contributed by atoms with Crippen LogP contribution in [0.4, 0.5) is 0 Å². The summed E-state index contributed by atoms with van der Waals surface area (Å²) in [5, 5.41) is 3.43. The van der Waals surface area contributed by atoms with Gasteiger partial charge in [-0.2, -0.15) is 0 Å². The molecule has 3 nitrogen and oxygen atoms in total. The van der Waals surface area contributed by atoms with Gasteiger partial charge in [-0.3, -0.25) is 4.98 Å². The first-order valence-corrected chi connectivity index (χ1v) is 5.90. The van der Waals surface area contributed by atoms with Crippen molar-refractivity contribution >= 4 is 0 Å². The summed E-state index contributed by atoms with van der Waals surface area (Å²) in [4.78, 5) is 4.18. The Bertz CT molecular complexity index is 313. The third-order valence-electron chi connectivity index (χ3n) is 2.50. The first-order chi connectivity index (χ1) is 7.65. The monoisotopic (exact) mass is 222 g/mol. The van der Waals surface area contributed by atoms with E-state index in [0.29, 0.717) is 6.61 Å². The normalized spacial score (nSPS) is 13.1. The molecule has 0 aliphatic heterocycles. The van der Waals surface area contributed by atoms with Crippen LogP contribution < -0.4 is 5.32 Å². The van der Waals surface area contributed by atoms with Crippen molar-refractivity contribution in [1.29, 1.82) is 0 Å². The Kier molecular flexibility index (Phi) is 5.43. The predicted octanol–water partition coefficient (Wildman–Crippen LogP) is 2.47. The van der Waals surface area contributed by atoms with Crippen LogP contribution >= 0.6 is 0 Å². The molecule has 0 bridgehead atoms. The zero-order chi connectivity index (χ0) is 12.0. The number of aromatic nitrogens is 1. The average molecular weight is 222 g/mol. The Balaban J connectivity index is 2.73. The summed E-state index contributed by atoms with van der Waals surface area (Å²) < 4.78 is 5.68. The minimum absolute atomic E-state index is 0.237. The van der Waals surface area contributed by atoms with Crippen molar-refractivity contribution in [2.75, 3.05) is 13.2 Å². The van der Waals surface area contributed by atoms with Gasteiger partial charge in [-0.05, 0) is 44.5 Å². The molecule has 0 aliphatic rings. The van der Waals surface area contributed by atoms with Crippen LogP contribution in [0, 0.1) is 6.92 Å². The fourth-order valence-corrected chi connectivity index (χ4v) is 1.63. The maximum Gasteiger partial charge on any atom is 0.0665 e. The highest BCUT2D eigenvalue weighted by Crippen LogP contribution is 2.17. The number of pyridine rings is 1. The van der Waals surface area contributed by atoms with Crippen LogP contribution in [0.3, 0.4) is 0 Å². The van der Waals surface area contributed by atoms with Crippen LogP contribution in [-0.2, 0) is 4.74 Å². The SMILES string of the molecule is CCNC(COC(C)C)c1cnccc1C. The fraction of sp³-hybridized carbons (Fsp3) is 0.615. The summed E-state index contributed by atoms with van der Waals surface area (Å²) in [6.45, 7) is 9.95. The maximum absolute atomic E-state index is 5.68. The topological polar surface area (TPSA) is 34.1 Å². The van der Waals surface area contributed by atoms with Gasteiger partial charge in [-0.1, -0.05) is 6.92 Å². The van der Waals surface area contributed by atoms with Crippen molar-refractivity contribution in [3.63, 3.8) is 0 Å². The highest BCUT2D eigenvalue weighted by molar-refractivity contribution is 5.25. The standard InChI is InChI=1S/C13H22N2O/c1-5-15-13(9-16-10(2)3)12-8-14-7-6-11(12)4/h6-8,10,13,15H,5,9H2,1-4H3. The van der Waals surface area contributed by atoms with E-state index in [1.807, 2.05) is 18.5 Å². The van der Waals surface area contributed by atoms with Crippen LogP contribution in [-0.4, -0.2) is 24.2 Å². The lowest BCUT2D eigenvalue weighted by atomic mass is 10.0. The smallest absolute Gasteiger partial charge is 0.0665 e. The first-order valence-electron chi connectivity index (χ1n) is 5.90. The molecule has 0 spiro atoms. The largest absolute Gasteiger partial charge is 0.377 e. The van der Waals surface area contributed by atoms with Crippen LogP contribution in [0.1, 0.15) is 37.9 Å². The summed E-state index contributed by atoms with van der Waals surface area (Å²) in [5.74, 6) is 0. The number of rotatable bonds is 6. The molecule has 0 aliphatic carbocycles. The van der Waals surface area contributed by atoms with E-state index in [0.717, 1.165) is 6.54 Å². The Morgan fingerprint density at radius 1 is 1.44 bits per heavy atom. The van der Waals surface area contributed by atoms with Crippen molar-refractivity contribution in [3.8, 4) is 0 Å². The summed E-state index contributed by atoms with van der Waals surface area (Å²) >= 11 is 0. The second-order valence-corrected chi connectivity index (χ2v) is 4.22. The first kappa shape index (κ1) is 13.1. The average Bonchev–Trinajstić information content (AvgIpc) is 2.25. The zero-order valence-corrected chi connectivity index (χ0v) is 10.7. The van der Waals surface area contributed by atoms with Gasteiger partial charge >= 0.3 is 0 Å². The molecule has 16 heavy (non-hydrogen) atoms. The molecule has 0 amide bonds. The van der Waals surface area contributed by atoms with Gasteiger partial charge in [-0.25, -0.2) is 0 Å². The maximum atomic E-state index is 5.68. The summed E-state index contributed by atoms with van der Waals surface area (Å²) in [5.41, 5.74) is 2.48. The predicted molar refractivity (Wildman–Crippen MR) is 66.5 cm³/mol. The van der Waals surface area contributed by atoms with Crippen LogP contribution in [0.5, 0.6) is 0 Å². The quantitative estimate of drug-likeness (QED) is 0.803. The van der Waals surface area contributed by atoms with Gasteiger partial charge in [0.15, 0.2) is 0 Å². The molecule has 3 heteroatoms. The Morgan fingerprint density at radius 3 is 2.75 bits per heavy atom. The number of aryl methyl sites for hydroxylation is 1. The lowest BCUT2D eigenvalue weighted by Gasteiger charge is -2.21. The zero-order valence-electron chi connectivity index (χ0n) is 10.7. The lowest BCUT2D eigenvalue weighted by molar-refractivity contribution is 0.0612. The van der Waals surface area contributed by atoms with Crippen LogP contribution in [0.15, 0.2) is 18.5 Å². The highest BCUT2D eigenvalue weighted by atomic mass is 16.5. The van der Waals surface area contributed by atoms with Gasteiger partial charge < -0.3 is 10.1 Å². The number of nitrogens with one attached hydrogen (secondary N) is 1. The van der Waals surface area contributed by atoms with Gasteiger partial charge in [-0.15, -0.1) is 0 Å². The van der Waals surface area contributed by atoms with E-state index in [1.54, 1.807) is 0 Å². The van der Waals surface area contributed by atoms with Gasteiger partial charge in [0.05, 0.1) is 18.8 Å². The van der Waals surface area contributed by atoms with Crippen molar-refractivity contribution in [2.24, 2.45) is 0 Å². The van der Waals surface area contributed by atoms with E-state index in [9.17, 15) is 0 Å². The van der Waals surface area contributed by atoms with Crippen LogP contribution in [0.2, 0.25) is 0 Å². The molecular weight excluding hydrogens is 200 g/mol. The molecule has 0 saturated carbocycles. The molecule has 0 radical (unpaired) electrons. The molecule has 1 aromatic heterocycles. The van der Waals surface area contributed by atoms with Crippen molar-refractivity contribution in [2.45, 2.75) is 39.8 Å². The molecule has 0 aromatic carbocycles. The Hall–Kier alpha value is -0.930. The molecule has 1 atom stereocenters. The fourth-order valence-electron chi connectivity index (χ4n) is 1.63. The highest BCUT2D eigenvalue weighted by Gasteiger charge is 2.13. The molecular formula is C13H22N2O. The molecule has 0 fully saturated rings. The lowest BCUT2D eigenvalue weighted by Crippen LogP contribution is -2.27. The van der Waals surface area contributed by atoms with Crippen LogP contribution in [0.25, 0.3) is 0 Å². The molecule has 0 saturated heterocycles. The van der Waals surface area contributed by atoms with E-state index in [2.05, 4.69) is 38.0 Å². The molecule has 90 valence electrons. The molecule has 1 heterocycles. The number of nitrogens with zero attached hydrogens (tertiary/aromatic N) is 1. The van der Waals surface area contributed by atoms with E-state index >= 15 is 0 Å². The van der Waals surface area contributed by atoms with E-state index in [1.165, 1.54) is 11.1 Å². The second-order valence-electron chi connectivity index (χ2n) is 4.22. The summed E-state index contributed by atoms with van der Waals surface area (Å²) in [7, 11) is 0. The van der Waals surface area contributed by atoms with Gasteiger partial charge in [0, 0.05) is 12.4 Å². The Labute approximate surface area is 98.2 Å². The minimum Gasteiger partial charge on any atom is -0.377 e. The third kappa shape index (κ3) is 3.91. The summed E-state index contributed by atoms with van der Waals surface area (Å²) in [6, 6.07) is 2.27. The molecule has 1 N–H and O–H groups in total. The van der Waals surface area contributed by atoms with Crippen molar-refractivity contribution < 1.29 is 4.74 Å². The van der Waals surface area contributed by atoms with Gasteiger partial charge in [0.25, 0.3) is 0 Å². The number of hydrogen-bond donors (Lipinski definition) is 1. The number of ether oxygens (including phenoxy) is 1. The van der Waals surface area contributed by atoms with E-state index < -0.39 is 0 Å². The van der Waals surface area contributed by atoms with Gasteiger partial charge in [0.2, 0.25) is 0 Å². The molecule has 1 rings (SSSR count). The Morgan fingerprint density at radius 2 is 2.19 bits per heavy atom. The minimum atomic E-state index is 0.237. The number of likely N-dealkylation sites (N-methyl/N-ethyl adjacent to an activating group) is 1. The second kappa shape index (κ2) is 6.61.